The Bertz CT molecular complexity index is 1450. The lowest BCUT2D eigenvalue weighted by Crippen LogP contribution is -2.30. The second-order valence-electron chi connectivity index (χ2n) is 16.3. The molecule has 0 rings (SSSR count). The molecule has 65 heavy (non-hydrogen) atoms. The summed E-state index contributed by atoms with van der Waals surface area (Å²) in [5.74, 6) is -1.05. The van der Waals surface area contributed by atoms with Crippen LogP contribution in [0.3, 0.4) is 0 Å². The van der Waals surface area contributed by atoms with Crippen LogP contribution < -0.4 is 0 Å². The molecule has 0 spiro atoms. The summed E-state index contributed by atoms with van der Waals surface area (Å²) in [5.41, 5.74) is 0. The highest BCUT2D eigenvalue weighted by atomic mass is 16.6. The first kappa shape index (κ1) is 60.5. The fourth-order valence-electron chi connectivity index (χ4n) is 6.32. The van der Waals surface area contributed by atoms with Crippen molar-refractivity contribution in [3.63, 3.8) is 0 Å². The molecule has 364 valence electrons. The Kier molecular flexibility index (Phi) is 48.6. The summed E-state index contributed by atoms with van der Waals surface area (Å²) in [5, 5.41) is 0. The van der Waals surface area contributed by atoms with Gasteiger partial charge in [-0.05, 0) is 128 Å². The average Bonchev–Trinajstić information content (AvgIpc) is 3.30. The van der Waals surface area contributed by atoms with Gasteiger partial charge in [-0.15, -0.1) is 0 Å². The molecule has 0 aliphatic heterocycles. The van der Waals surface area contributed by atoms with Gasteiger partial charge in [-0.2, -0.15) is 0 Å². The molecule has 0 bridgehead atoms. The molecule has 0 aromatic heterocycles. The van der Waals surface area contributed by atoms with Gasteiger partial charge in [0.1, 0.15) is 13.2 Å². The Morgan fingerprint density at radius 3 is 1.02 bits per heavy atom. The number of esters is 3. The molecule has 0 fully saturated rings. The predicted molar refractivity (Wildman–Crippen MR) is 279 cm³/mol. The molecule has 1 atom stereocenters. The van der Waals surface area contributed by atoms with E-state index in [0.29, 0.717) is 19.3 Å². The maximum absolute atomic E-state index is 12.8. The van der Waals surface area contributed by atoms with Crippen LogP contribution in [0.2, 0.25) is 0 Å². The van der Waals surface area contributed by atoms with E-state index in [9.17, 15) is 14.4 Å². The van der Waals surface area contributed by atoms with E-state index < -0.39 is 6.10 Å². The van der Waals surface area contributed by atoms with Gasteiger partial charge in [-0.1, -0.05) is 187 Å². The van der Waals surface area contributed by atoms with Crippen LogP contribution in [0.4, 0.5) is 0 Å². The van der Waals surface area contributed by atoms with Crippen LogP contribution in [0.5, 0.6) is 0 Å². The molecule has 0 aliphatic rings. The lowest BCUT2D eigenvalue weighted by molar-refractivity contribution is -0.167. The lowest BCUT2D eigenvalue weighted by atomic mass is 10.1. The van der Waals surface area contributed by atoms with E-state index in [1.54, 1.807) is 0 Å². The Hall–Kier alpha value is -4.45. The van der Waals surface area contributed by atoms with Crippen LogP contribution in [-0.2, 0) is 28.6 Å². The van der Waals surface area contributed by atoms with Crippen LogP contribution in [0, 0.1) is 0 Å². The van der Waals surface area contributed by atoms with Gasteiger partial charge in [0.15, 0.2) is 6.10 Å². The highest BCUT2D eigenvalue weighted by Crippen LogP contribution is 2.11. The summed E-state index contributed by atoms with van der Waals surface area (Å²) in [6.07, 6.45) is 73.0. The molecular weight excluding hydrogens is 805 g/mol. The highest BCUT2D eigenvalue weighted by Gasteiger charge is 2.19. The maximum Gasteiger partial charge on any atom is 0.306 e. The minimum absolute atomic E-state index is 0.127. The largest absolute Gasteiger partial charge is 0.462 e. The molecule has 0 saturated heterocycles. The summed E-state index contributed by atoms with van der Waals surface area (Å²) in [7, 11) is 0. The Morgan fingerprint density at radius 1 is 0.323 bits per heavy atom. The zero-order chi connectivity index (χ0) is 47.2. The van der Waals surface area contributed by atoms with Gasteiger partial charge in [0.2, 0.25) is 0 Å². The summed E-state index contributed by atoms with van der Waals surface area (Å²) < 4.78 is 16.7. The monoisotopic (exact) mass is 897 g/mol. The number of carbonyl (C=O) groups excluding carboxylic acids is 3. The number of unbranched alkanes of at least 4 members (excludes halogenated alkanes) is 11. The van der Waals surface area contributed by atoms with Crippen LogP contribution in [-0.4, -0.2) is 37.2 Å². The average molecular weight is 897 g/mol. The first-order valence-electron chi connectivity index (χ1n) is 25.7. The molecule has 0 aromatic rings. The fraction of sp³-hybridized carbons (Fsp3) is 0.576. The molecule has 0 radical (unpaired) electrons. The van der Waals surface area contributed by atoms with Gasteiger partial charge < -0.3 is 14.2 Å². The Labute approximate surface area is 398 Å². The smallest absolute Gasteiger partial charge is 0.306 e. The van der Waals surface area contributed by atoms with Crippen molar-refractivity contribution in [1.29, 1.82) is 0 Å². The van der Waals surface area contributed by atoms with Crippen molar-refractivity contribution >= 4 is 17.9 Å². The van der Waals surface area contributed by atoms with Crippen molar-refractivity contribution in [1.82, 2.24) is 0 Å². The van der Waals surface area contributed by atoms with Crippen molar-refractivity contribution in [2.75, 3.05) is 13.2 Å². The summed E-state index contributed by atoms with van der Waals surface area (Å²) in [6, 6.07) is 0. The topological polar surface area (TPSA) is 78.9 Å². The van der Waals surface area contributed by atoms with Gasteiger partial charge in [-0.25, -0.2) is 0 Å². The minimum Gasteiger partial charge on any atom is -0.462 e. The van der Waals surface area contributed by atoms with Gasteiger partial charge in [0.25, 0.3) is 0 Å². The normalized spacial score (nSPS) is 13.2. The van der Waals surface area contributed by atoms with Gasteiger partial charge in [0, 0.05) is 19.3 Å². The van der Waals surface area contributed by atoms with Gasteiger partial charge in [-0.3, -0.25) is 14.4 Å². The van der Waals surface area contributed by atoms with Crippen LogP contribution >= 0.6 is 0 Å². The van der Waals surface area contributed by atoms with Gasteiger partial charge in [0.05, 0.1) is 0 Å². The van der Waals surface area contributed by atoms with E-state index in [4.69, 9.17) is 14.2 Å². The molecule has 0 N–H and O–H groups in total. The third-order valence-corrected chi connectivity index (χ3v) is 10.1. The van der Waals surface area contributed by atoms with Gasteiger partial charge >= 0.3 is 17.9 Å². The standard InChI is InChI=1S/C59H92O6/c1-4-7-10-13-16-19-22-25-28-29-32-35-38-41-44-47-50-53-59(62)65-56(54-63-57(60)51-48-45-42-39-36-33-30-26-23-20-17-14-11-8-5-2)55-64-58(61)52-49-46-43-40-37-34-31-27-24-21-18-15-12-9-6-3/h7-8,10-11,16-21,25-28,30-32,35,37,40-41,44,56H,4-6,9,12-15,22-24,29,33-34,36,38-39,42-43,45-55H2,1-3H3/b10-7-,11-8-,19-16-,20-17-,21-18-,28-25-,30-26-,31-27-,35-32-,40-37-,44-41-/t56-/m1/s1. The van der Waals surface area contributed by atoms with E-state index in [1.165, 1.54) is 25.7 Å². The molecule has 6 heteroatoms. The summed E-state index contributed by atoms with van der Waals surface area (Å²) in [4.78, 5) is 38.0. The summed E-state index contributed by atoms with van der Waals surface area (Å²) in [6.45, 7) is 6.26. The molecule has 0 aromatic carbocycles. The zero-order valence-electron chi connectivity index (χ0n) is 41.4. The number of allylic oxidation sites excluding steroid dienone is 22. The van der Waals surface area contributed by atoms with Crippen molar-refractivity contribution in [3.8, 4) is 0 Å². The third-order valence-electron chi connectivity index (χ3n) is 10.1. The van der Waals surface area contributed by atoms with E-state index in [0.717, 1.165) is 122 Å². The molecule has 6 nitrogen and oxygen atoms in total. The number of rotatable bonds is 44. The van der Waals surface area contributed by atoms with E-state index in [1.807, 2.05) is 0 Å². The molecule has 0 heterocycles. The fourth-order valence-corrected chi connectivity index (χ4v) is 6.32. The Morgan fingerprint density at radius 2 is 0.615 bits per heavy atom. The zero-order valence-corrected chi connectivity index (χ0v) is 41.4. The second-order valence-corrected chi connectivity index (χ2v) is 16.3. The molecule has 0 unspecified atom stereocenters. The number of carbonyl (C=O) groups is 3. The van der Waals surface area contributed by atoms with Crippen molar-refractivity contribution in [2.45, 2.75) is 207 Å². The highest BCUT2D eigenvalue weighted by molar-refractivity contribution is 5.71. The van der Waals surface area contributed by atoms with Crippen LogP contribution in [0.25, 0.3) is 0 Å². The number of hydrogen-bond donors (Lipinski definition) is 0. The Balaban J connectivity index is 4.61. The first-order valence-corrected chi connectivity index (χ1v) is 25.7. The summed E-state index contributed by atoms with van der Waals surface area (Å²) >= 11 is 0. The molecule has 0 saturated carbocycles. The van der Waals surface area contributed by atoms with E-state index in [2.05, 4.69) is 154 Å². The lowest BCUT2D eigenvalue weighted by Gasteiger charge is -2.18. The minimum atomic E-state index is -0.835. The predicted octanol–water partition coefficient (Wildman–Crippen LogP) is 17.1. The number of hydrogen-bond acceptors (Lipinski definition) is 6. The quantitative estimate of drug-likeness (QED) is 0.0262. The third kappa shape index (κ3) is 50.4. The van der Waals surface area contributed by atoms with Crippen molar-refractivity contribution < 1.29 is 28.6 Å². The first-order chi connectivity index (χ1) is 32.0. The maximum atomic E-state index is 12.8. The molecule has 0 aliphatic carbocycles. The van der Waals surface area contributed by atoms with Crippen molar-refractivity contribution in [3.05, 3.63) is 134 Å². The molecule has 0 amide bonds. The van der Waals surface area contributed by atoms with E-state index in [-0.39, 0.29) is 44.0 Å². The molecular formula is C59H92O6. The number of ether oxygens (including phenoxy) is 3. The second kappa shape index (κ2) is 52.2. The SMILES string of the molecule is CC/C=C\C/C=C\C/C=C\C/C=C\C/C=C\CCCC(=O)O[C@@H](COC(=O)CCCC/C=C\C/C=C\C/C=C\CCCCC)COC(=O)CCCCCCC/C=C\C/C=C\C/C=C\CC. The van der Waals surface area contributed by atoms with Crippen LogP contribution in [0.15, 0.2) is 134 Å². The van der Waals surface area contributed by atoms with Crippen molar-refractivity contribution in [2.24, 2.45) is 0 Å². The van der Waals surface area contributed by atoms with E-state index >= 15 is 0 Å². The van der Waals surface area contributed by atoms with Crippen LogP contribution in [0.1, 0.15) is 201 Å².